The van der Waals surface area contributed by atoms with Gasteiger partial charge >= 0.3 is 0 Å². The second-order valence-electron chi connectivity index (χ2n) is 6.24. The monoisotopic (exact) mass is 372 g/mol. The van der Waals surface area contributed by atoms with Crippen LogP contribution < -0.4 is 10.1 Å². The van der Waals surface area contributed by atoms with Crippen LogP contribution in [0.25, 0.3) is 0 Å². The van der Waals surface area contributed by atoms with Crippen molar-refractivity contribution in [1.82, 2.24) is 10.2 Å². The number of hydrogen-bond acceptors (Lipinski definition) is 3. The summed E-state index contributed by atoms with van der Waals surface area (Å²) in [5.74, 6) is 0.452. The Bertz CT molecular complexity index is 759. The molecule has 2 amide bonds. The van der Waals surface area contributed by atoms with Gasteiger partial charge in [-0.05, 0) is 43.2 Å². The van der Waals surface area contributed by atoms with E-state index in [0.717, 1.165) is 12.8 Å². The molecule has 136 valence electrons. The van der Waals surface area contributed by atoms with Crippen LogP contribution in [0.4, 0.5) is 0 Å². The molecular formula is C20H21ClN2O3. The quantitative estimate of drug-likeness (QED) is 0.877. The highest BCUT2D eigenvalue weighted by Crippen LogP contribution is 2.17. The number of piperidine rings is 1. The third-order valence-electron chi connectivity index (χ3n) is 4.38. The van der Waals surface area contributed by atoms with Crippen molar-refractivity contribution >= 4 is 23.4 Å². The zero-order valence-electron chi connectivity index (χ0n) is 14.4. The van der Waals surface area contributed by atoms with Gasteiger partial charge in [0.15, 0.2) is 6.61 Å². The molecule has 26 heavy (non-hydrogen) atoms. The SMILES string of the molecule is O=C(NC1CCN(C(=O)COc2cccc(Cl)c2)CC1)c1ccccc1. The number of carbonyl (C=O) groups is 2. The Hall–Kier alpha value is -2.53. The van der Waals surface area contributed by atoms with Crippen LogP contribution in [0.2, 0.25) is 5.02 Å². The summed E-state index contributed by atoms with van der Waals surface area (Å²) >= 11 is 5.90. The predicted molar refractivity (Wildman–Crippen MR) is 100 cm³/mol. The first-order valence-electron chi connectivity index (χ1n) is 8.64. The Morgan fingerprint density at radius 1 is 1.08 bits per heavy atom. The molecule has 0 aliphatic carbocycles. The van der Waals surface area contributed by atoms with Crippen LogP contribution in [0.5, 0.6) is 5.75 Å². The molecule has 2 aromatic rings. The smallest absolute Gasteiger partial charge is 0.260 e. The van der Waals surface area contributed by atoms with Crippen molar-refractivity contribution in [3.63, 3.8) is 0 Å². The van der Waals surface area contributed by atoms with Crippen LogP contribution in [0.1, 0.15) is 23.2 Å². The van der Waals surface area contributed by atoms with Gasteiger partial charge in [-0.1, -0.05) is 35.9 Å². The summed E-state index contributed by atoms with van der Waals surface area (Å²) in [6.45, 7) is 1.20. The summed E-state index contributed by atoms with van der Waals surface area (Å²) in [4.78, 5) is 26.3. The van der Waals surface area contributed by atoms with Gasteiger partial charge in [0, 0.05) is 29.7 Å². The second kappa shape index (κ2) is 8.72. The largest absolute Gasteiger partial charge is 0.484 e. The van der Waals surface area contributed by atoms with Crippen LogP contribution in [0.15, 0.2) is 54.6 Å². The zero-order chi connectivity index (χ0) is 18.4. The highest BCUT2D eigenvalue weighted by atomic mass is 35.5. The molecule has 0 radical (unpaired) electrons. The normalized spacial score (nSPS) is 14.7. The number of nitrogens with zero attached hydrogens (tertiary/aromatic N) is 1. The minimum absolute atomic E-state index is 0.0125. The van der Waals surface area contributed by atoms with Gasteiger partial charge in [-0.15, -0.1) is 0 Å². The highest BCUT2D eigenvalue weighted by molar-refractivity contribution is 6.30. The van der Waals surface area contributed by atoms with E-state index in [4.69, 9.17) is 16.3 Å². The van der Waals surface area contributed by atoms with Crippen molar-refractivity contribution in [3.8, 4) is 5.75 Å². The van der Waals surface area contributed by atoms with E-state index in [-0.39, 0.29) is 24.5 Å². The maximum atomic E-state index is 12.3. The zero-order valence-corrected chi connectivity index (χ0v) is 15.1. The standard InChI is InChI=1S/C20H21ClN2O3/c21-16-7-4-8-18(13-16)26-14-19(24)23-11-9-17(10-12-23)22-20(25)15-5-2-1-3-6-15/h1-8,13,17H,9-12,14H2,(H,22,25). The number of carbonyl (C=O) groups excluding carboxylic acids is 2. The molecular weight excluding hydrogens is 352 g/mol. The number of likely N-dealkylation sites (tertiary alicyclic amines) is 1. The van der Waals surface area contributed by atoms with Gasteiger partial charge in [-0.25, -0.2) is 0 Å². The van der Waals surface area contributed by atoms with E-state index < -0.39 is 0 Å². The van der Waals surface area contributed by atoms with Crippen molar-refractivity contribution in [1.29, 1.82) is 0 Å². The second-order valence-corrected chi connectivity index (χ2v) is 6.68. The van der Waals surface area contributed by atoms with E-state index in [1.54, 1.807) is 41.3 Å². The molecule has 6 heteroatoms. The number of rotatable bonds is 5. The van der Waals surface area contributed by atoms with Gasteiger partial charge < -0.3 is 15.0 Å². The van der Waals surface area contributed by atoms with Gasteiger partial charge in [-0.2, -0.15) is 0 Å². The Kier molecular flexibility index (Phi) is 6.12. The van der Waals surface area contributed by atoms with Crippen LogP contribution >= 0.6 is 11.6 Å². The van der Waals surface area contributed by atoms with E-state index >= 15 is 0 Å². The molecule has 1 aliphatic heterocycles. The Labute approximate surface area is 157 Å². The van der Waals surface area contributed by atoms with Crippen molar-refractivity contribution in [2.75, 3.05) is 19.7 Å². The molecule has 1 saturated heterocycles. The summed E-state index contributed by atoms with van der Waals surface area (Å²) in [5, 5.41) is 3.61. The topological polar surface area (TPSA) is 58.6 Å². The summed E-state index contributed by atoms with van der Waals surface area (Å²) < 4.78 is 5.51. The lowest BCUT2D eigenvalue weighted by Crippen LogP contribution is -2.47. The van der Waals surface area contributed by atoms with E-state index in [2.05, 4.69) is 5.32 Å². The Balaban J connectivity index is 1.43. The minimum Gasteiger partial charge on any atom is -0.484 e. The molecule has 5 nitrogen and oxygen atoms in total. The summed E-state index contributed by atoms with van der Waals surface area (Å²) in [7, 11) is 0. The molecule has 2 aromatic carbocycles. The number of benzene rings is 2. The van der Waals surface area contributed by atoms with Crippen LogP contribution in [0.3, 0.4) is 0 Å². The molecule has 0 atom stereocenters. The number of nitrogens with one attached hydrogen (secondary N) is 1. The average Bonchev–Trinajstić information content (AvgIpc) is 2.67. The fourth-order valence-corrected chi connectivity index (χ4v) is 3.10. The van der Waals surface area contributed by atoms with E-state index in [1.165, 1.54) is 0 Å². The van der Waals surface area contributed by atoms with Gasteiger partial charge in [0.25, 0.3) is 11.8 Å². The van der Waals surface area contributed by atoms with Crippen LogP contribution in [0, 0.1) is 0 Å². The third-order valence-corrected chi connectivity index (χ3v) is 4.61. The summed E-state index contributed by atoms with van der Waals surface area (Å²) in [5.41, 5.74) is 0.654. The predicted octanol–water partition coefficient (Wildman–Crippen LogP) is 3.14. The maximum Gasteiger partial charge on any atom is 0.260 e. The summed E-state index contributed by atoms with van der Waals surface area (Å²) in [6, 6.07) is 16.2. The third kappa shape index (κ3) is 4.99. The molecule has 1 fully saturated rings. The van der Waals surface area contributed by atoms with Crippen molar-refractivity contribution < 1.29 is 14.3 Å². The minimum atomic E-state index is -0.0698. The Morgan fingerprint density at radius 3 is 2.50 bits per heavy atom. The lowest BCUT2D eigenvalue weighted by atomic mass is 10.0. The highest BCUT2D eigenvalue weighted by Gasteiger charge is 2.24. The van der Waals surface area contributed by atoms with Crippen LogP contribution in [-0.2, 0) is 4.79 Å². The number of hydrogen-bond donors (Lipinski definition) is 1. The number of halogens is 1. The summed E-state index contributed by atoms with van der Waals surface area (Å²) in [6.07, 6.45) is 1.48. The molecule has 0 bridgehead atoms. The first kappa shape index (κ1) is 18.3. The molecule has 1 heterocycles. The fourth-order valence-electron chi connectivity index (χ4n) is 2.92. The van der Waals surface area contributed by atoms with Crippen molar-refractivity contribution in [3.05, 3.63) is 65.2 Å². The van der Waals surface area contributed by atoms with Gasteiger partial charge in [0.2, 0.25) is 0 Å². The first-order chi connectivity index (χ1) is 12.6. The van der Waals surface area contributed by atoms with Crippen molar-refractivity contribution in [2.45, 2.75) is 18.9 Å². The molecule has 1 aliphatic rings. The van der Waals surface area contributed by atoms with Gasteiger partial charge in [0.1, 0.15) is 5.75 Å². The number of amides is 2. The van der Waals surface area contributed by atoms with Crippen LogP contribution in [-0.4, -0.2) is 42.5 Å². The van der Waals surface area contributed by atoms with Crippen molar-refractivity contribution in [2.24, 2.45) is 0 Å². The molecule has 3 rings (SSSR count). The first-order valence-corrected chi connectivity index (χ1v) is 9.01. The maximum absolute atomic E-state index is 12.3. The van der Waals surface area contributed by atoms with E-state index in [1.807, 2.05) is 18.2 Å². The fraction of sp³-hybridized carbons (Fsp3) is 0.300. The molecule has 0 aromatic heterocycles. The van der Waals surface area contributed by atoms with Gasteiger partial charge in [-0.3, -0.25) is 9.59 Å². The lowest BCUT2D eigenvalue weighted by Gasteiger charge is -2.32. The molecule has 0 unspecified atom stereocenters. The molecule has 0 saturated carbocycles. The molecule has 1 N–H and O–H groups in total. The van der Waals surface area contributed by atoms with E-state index in [0.29, 0.717) is 29.4 Å². The van der Waals surface area contributed by atoms with Gasteiger partial charge in [0.05, 0.1) is 0 Å². The average molecular weight is 373 g/mol. The molecule has 0 spiro atoms. The lowest BCUT2D eigenvalue weighted by molar-refractivity contribution is -0.134. The van der Waals surface area contributed by atoms with E-state index in [9.17, 15) is 9.59 Å². The Morgan fingerprint density at radius 2 is 1.81 bits per heavy atom. The number of ether oxygens (including phenoxy) is 1.